The first kappa shape index (κ1) is 29.0. The molecule has 3 aromatic rings. The fraction of sp³-hybridized carbons (Fsp3) is 0.448. The minimum atomic E-state index is -0.828. The highest BCUT2D eigenvalue weighted by molar-refractivity contribution is 7.99. The van der Waals surface area contributed by atoms with E-state index in [9.17, 15) is 15.0 Å². The summed E-state index contributed by atoms with van der Waals surface area (Å²) in [6.07, 6.45) is 4.51. The zero-order chi connectivity index (χ0) is 27.1. The summed E-state index contributed by atoms with van der Waals surface area (Å²) in [4.78, 5) is 19.7. The van der Waals surface area contributed by atoms with E-state index < -0.39 is 12.1 Å². The van der Waals surface area contributed by atoms with E-state index >= 15 is 0 Å². The lowest BCUT2D eigenvalue weighted by Gasteiger charge is -2.41. The van der Waals surface area contributed by atoms with Crippen LogP contribution in [-0.2, 0) is 4.79 Å². The first-order valence-corrected chi connectivity index (χ1v) is 14.7. The normalized spacial score (nSPS) is 16.4. The summed E-state index contributed by atoms with van der Waals surface area (Å²) in [5, 5.41) is 22.9. The van der Waals surface area contributed by atoms with Gasteiger partial charge in [-0.15, -0.1) is 11.8 Å². The number of methoxy groups -OCH3 is 1. The Morgan fingerprint density at radius 2 is 1.95 bits per heavy atom. The lowest BCUT2D eigenvalue weighted by atomic mass is 9.71. The molecule has 1 fully saturated rings. The Bertz CT molecular complexity index is 1250. The van der Waals surface area contributed by atoms with E-state index in [0.717, 1.165) is 65.5 Å². The number of benzene rings is 2. The van der Waals surface area contributed by atoms with E-state index in [1.807, 2.05) is 42.5 Å². The quantitative estimate of drug-likeness (QED) is 0.175. The van der Waals surface area contributed by atoms with Gasteiger partial charge in [0.2, 0.25) is 0 Å². The highest BCUT2D eigenvalue weighted by Crippen LogP contribution is 2.43. The molecule has 0 radical (unpaired) electrons. The van der Waals surface area contributed by atoms with Crippen molar-refractivity contribution in [3.63, 3.8) is 0 Å². The van der Waals surface area contributed by atoms with Crippen LogP contribution in [0.25, 0.3) is 10.9 Å². The maximum Gasteiger partial charge on any atom is 0.303 e. The standard InChI is InChI=1S/C29H34Cl2N2O4S/c1-37-20-7-8-24-21(17-20)28(23(31)19-32-24)25(34)9-10-29(18-27(35)36)11-14-33(15-12-29)13-4-16-38-26-6-3-2-5-22(26)30/h2-3,5-8,17,19,25,34H,4,9-16,18H2,1H3,(H,35,36)/t25-/m0/s1. The van der Waals surface area contributed by atoms with Crippen molar-refractivity contribution < 1.29 is 19.7 Å². The molecule has 38 heavy (non-hydrogen) atoms. The van der Waals surface area contributed by atoms with Gasteiger partial charge in [0.1, 0.15) is 5.75 Å². The van der Waals surface area contributed by atoms with Gasteiger partial charge in [0.05, 0.1) is 35.2 Å². The Hall–Kier alpha value is -2.03. The van der Waals surface area contributed by atoms with Crippen LogP contribution >= 0.6 is 35.0 Å². The van der Waals surface area contributed by atoms with Crippen molar-refractivity contribution in [3.8, 4) is 5.75 Å². The minimum Gasteiger partial charge on any atom is -0.497 e. The van der Waals surface area contributed by atoms with Crippen molar-refractivity contribution in [2.45, 2.75) is 49.5 Å². The van der Waals surface area contributed by atoms with E-state index in [4.69, 9.17) is 27.9 Å². The number of nitrogens with zero attached hydrogens (tertiary/aromatic N) is 2. The number of pyridine rings is 1. The first-order valence-electron chi connectivity index (χ1n) is 12.9. The molecule has 0 amide bonds. The van der Waals surface area contributed by atoms with E-state index in [1.165, 1.54) is 0 Å². The molecule has 2 aromatic carbocycles. The first-order chi connectivity index (χ1) is 18.3. The fourth-order valence-corrected chi connectivity index (χ4v) is 6.79. The molecule has 204 valence electrons. The number of rotatable bonds is 12. The molecule has 0 saturated carbocycles. The number of ether oxygens (including phenoxy) is 1. The van der Waals surface area contributed by atoms with Crippen LogP contribution in [0.5, 0.6) is 5.75 Å². The number of fused-ring (bicyclic) bond motifs is 1. The summed E-state index contributed by atoms with van der Waals surface area (Å²) in [5.41, 5.74) is 1.00. The third-order valence-electron chi connectivity index (χ3n) is 7.51. The number of carboxylic acid groups (broad SMARTS) is 1. The SMILES string of the molecule is COc1ccc2ncc(Cl)c([C@@H](O)CCC3(CC(=O)O)CCN(CCCSc4ccccc4Cl)CC3)c2c1. The van der Waals surface area contributed by atoms with Crippen molar-refractivity contribution in [3.05, 3.63) is 64.3 Å². The summed E-state index contributed by atoms with van der Waals surface area (Å²) in [5.74, 6) is 0.856. The van der Waals surface area contributed by atoms with Crippen LogP contribution in [-0.4, -0.2) is 58.6 Å². The monoisotopic (exact) mass is 576 g/mol. The summed E-state index contributed by atoms with van der Waals surface area (Å²) in [6, 6.07) is 13.4. The molecule has 2 heterocycles. The van der Waals surface area contributed by atoms with Gasteiger partial charge in [-0.05, 0) is 93.2 Å². The number of halogens is 2. The van der Waals surface area contributed by atoms with Crippen LogP contribution in [0.2, 0.25) is 10.0 Å². The highest BCUT2D eigenvalue weighted by atomic mass is 35.5. The Morgan fingerprint density at radius 3 is 2.66 bits per heavy atom. The molecule has 4 rings (SSSR count). The third kappa shape index (κ3) is 7.33. The third-order valence-corrected chi connectivity index (χ3v) is 9.41. The van der Waals surface area contributed by atoms with Gasteiger partial charge in [0, 0.05) is 22.0 Å². The summed E-state index contributed by atoms with van der Waals surface area (Å²) in [6.45, 7) is 2.69. The number of piperidine rings is 1. The van der Waals surface area contributed by atoms with E-state index in [-0.39, 0.29) is 11.8 Å². The molecule has 1 atom stereocenters. The molecule has 1 aliphatic heterocycles. The smallest absolute Gasteiger partial charge is 0.303 e. The number of aromatic nitrogens is 1. The molecular weight excluding hydrogens is 543 g/mol. The number of hydrogen-bond donors (Lipinski definition) is 2. The number of carboxylic acids is 1. The molecule has 6 nitrogen and oxygen atoms in total. The van der Waals surface area contributed by atoms with Gasteiger partial charge in [-0.3, -0.25) is 9.78 Å². The van der Waals surface area contributed by atoms with Gasteiger partial charge in [-0.2, -0.15) is 0 Å². The van der Waals surface area contributed by atoms with Crippen LogP contribution in [0.15, 0.2) is 53.6 Å². The second-order valence-electron chi connectivity index (χ2n) is 10.0. The number of aliphatic carboxylic acids is 1. The predicted octanol–water partition coefficient (Wildman–Crippen LogP) is 7.10. The second kappa shape index (κ2) is 13.4. The second-order valence-corrected chi connectivity index (χ2v) is 12.0. The predicted molar refractivity (Wildman–Crippen MR) is 155 cm³/mol. The Kier molecular flexibility index (Phi) is 10.2. The molecule has 1 aliphatic rings. The fourth-order valence-electron chi connectivity index (χ4n) is 5.34. The van der Waals surface area contributed by atoms with E-state index in [0.29, 0.717) is 29.2 Å². The number of aliphatic hydroxyl groups is 1. The number of thioether (sulfide) groups is 1. The Labute approximate surface area is 238 Å². The molecule has 0 unspecified atom stereocenters. The van der Waals surface area contributed by atoms with Crippen LogP contribution in [0, 0.1) is 5.41 Å². The average Bonchev–Trinajstić information content (AvgIpc) is 2.91. The van der Waals surface area contributed by atoms with E-state index in [2.05, 4.69) is 9.88 Å². The Balaban J connectivity index is 1.35. The van der Waals surface area contributed by atoms with Gasteiger partial charge in [0.15, 0.2) is 0 Å². The molecule has 9 heteroatoms. The molecule has 0 spiro atoms. The van der Waals surface area contributed by atoms with Crippen molar-refractivity contribution in [1.82, 2.24) is 9.88 Å². The average molecular weight is 578 g/mol. The highest BCUT2D eigenvalue weighted by Gasteiger charge is 2.37. The topological polar surface area (TPSA) is 82.9 Å². The zero-order valence-corrected chi connectivity index (χ0v) is 23.9. The molecule has 1 aromatic heterocycles. The molecule has 0 aliphatic carbocycles. The summed E-state index contributed by atoms with van der Waals surface area (Å²) >= 11 is 14.5. The van der Waals surface area contributed by atoms with Crippen molar-refractivity contribution in [2.24, 2.45) is 5.41 Å². The van der Waals surface area contributed by atoms with Crippen LogP contribution < -0.4 is 4.74 Å². The van der Waals surface area contributed by atoms with Crippen molar-refractivity contribution in [1.29, 1.82) is 0 Å². The zero-order valence-electron chi connectivity index (χ0n) is 21.5. The Morgan fingerprint density at radius 1 is 1.18 bits per heavy atom. The molecular formula is C29H34Cl2N2O4S. The lowest BCUT2D eigenvalue weighted by Crippen LogP contribution is -2.41. The maximum atomic E-state index is 11.8. The van der Waals surface area contributed by atoms with Gasteiger partial charge >= 0.3 is 5.97 Å². The van der Waals surface area contributed by atoms with Crippen LogP contribution in [0.4, 0.5) is 0 Å². The number of aliphatic hydroxyl groups excluding tert-OH is 1. The van der Waals surface area contributed by atoms with Gasteiger partial charge in [-0.25, -0.2) is 0 Å². The van der Waals surface area contributed by atoms with Crippen LogP contribution in [0.3, 0.4) is 0 Å². The van der Waals surface area contributed by atoms with Gasteiger partial charge in [-0.1, -0.05) is 35.3 Å². The number of hydrogen-bond acceptors (Lipinski definition) is 6. The van der Waals surface area contributed by atoms with E-state index in [1.54, 1.807) is 25.1 Å². The lowest BCUT2D eigenvalue weighted by molar-refractivity contribution is -0.141. The minimum absolute atomic E-state index is 0.106. The summed E-state index contributed by atoms with van der Waals surface area (Å²) < 4.78 is 5.36. The van der Waals surface area contributed by atoms with Crippen molar-refractivity contribution >= 4 is 51.8 Å². The summed E-state index contributed by atoms with van der Waals surface area (Å²) in [7, 11) is 1.59. The number of likely N-dealkylation sites (tertiary alicyclic amines) is 1. The maximum absolute atomic E-state index is 11.8. The van der Waals surface area contributed by atoms with Gasteiger partial charge in [0.25, 0.3) is 0 Å². The number of carbonyl (C=O) groups is 1. The molecule has 0 bridgehead atoms. The van der Waals surface area contributed by atoms with Gasteiger partial charge < -0.3 is 19.8 Å². The van der Waals surface area contributed by atoms with Crippen molar-refractivity contribution in [2.75, 3.05) is 32.5 Å². The largest absolute Gasteiger partial charge is 0.497 e. The molecule has 1 saturated heterocycles. The molecule has 2 N–H and O–H groups in total. The van der Waals surface area contributed by atoms with Crippen LogP contribution in [0.1, 0.15) is 50.2 Å².